The maximum atomic E-state index is 12.7. The molecule has 1 N–H and O–H groups in total. The minimum Gasteiger partial charge on any atom is -0.487 e. The number of hydrogen-bond donors (Lipinski definition) is 1. The number of amides is 1. The SMILES string of the molecule is Cc1cc(C)n(CCC(=O)N[C@H]2CC3(CCOCC3)Oc3ccccc32)n1. The summed E-state index contributed by atoms with van der Waals surface area (Å²) in [5.41, 5.74) is 2.89. The molecule has 1 fully saturated rings. The van der Waals surface area contributed by atoms with Crippen LogP contribution in [0.15, 0.2) is 30.3 Å². The number of ether oxygens (including phenoxy) is 2. The topological polar surface area (TPSA) is 65.4 Å². The Hall–Kier alpha value is -2.34. The van der Waals surface area contributed by atoms with Crippen molar-refractivity contribution in [1.82, 2.24) is 15.1 Å². The van der Waals surface area contributed by atoms with Gasteiger partial charge in [0.1, 0.15) is 11.4 Å². The van der Waals surface area contributed by atoms with Crippen LogP contribution in [0.25, 0.3) is 0 Å². The normalized spacial score (nSPS) is 20.7. The molecule has 1 atom stereocenters. The highest BCUT2D eigenvalue weighted by Gasteiger charge is 2.42. The van der Waals surface area contributed by atoms with Crippen LogP contribution in [0.1, 0.15) is 48.7 Å². The van der Waals surface area contributed by atoms with Crippen LogP contribution in [0.2, 0.25) is 0 Å². The van der Waals surface area contributed by atoms with Crippen molar-refractivity contribution >= 4 is 5.91 Å². The average Bonchev–Trinajstić information content (AvgIpc) is 2.98. The maximum Gasteiger partial charge on any atom is 0.222 e. The number of nitrogens with zero attached hydrogens (tertiary/aromatic N) is 2. The Kier molecular flexibility index (Phi) is 4.91. The van der Waals surface area contributed by atoms with E-state index >= 15 is 0 Å². The van der Waals surface area contributed by atoms with Crippen molar-refractivity contribution in [3.05, 3.63) is 47.3 Å². The molecule has 2 aromatic rings. The van der Waals surface area contributed by atoms with Crippen LogP contribution in [0, 0.1) is 13.8 Å². The molecule has 27 heavy (non-hydrogen) atoms. The number of nitrogens with one attached hydrogen (secondary N) is 1. The lowest BCUT2D eigenvalue weighted by Gasteiger charge is -2.44. The predicted octanol–water partition coefficient (Wildman–Crippen LogP) is 3.08. The van der Waals surface area contributed by atoms with Gasteiger partial charge in [0, 0.05) is 43.5 Å². The lowest BCUT2D eigenvalue weighted by molar-refractivity contribution is -0.123. The van der Waals surface area contributed by atoms with E-state index in [2.05, 4.69) is 10.4 Å². The third-order valence-electron chi connectivity index (χ3n) is 5.59. The number of benzene rings is 1. The largest absolute Gasteiger partial charge is 0.487 e. The molecule has 1 amide bonds. The van der Waals surface area contributed by atoms with Gasteiger partial charge in [0.2, 0.25) is 5.91 Å². The van der Waals surface area contributed by atoms with Gasteiger partial charge in [-0.25, -0.2) is 0 Å². The lowest BCUT2D eigenvalue weighted by Crippen LogP contribution is -2.48. The predicted molar refractivity (Wildman–Crippen MR) is 102 cm³/mol. The van der Waals surface area contributed by atoms with Gasteiger partial charge in [-0.2, -0.15) is 5.10 Å². The third kappa shape index (κ3) is 3.86. The molecule has 1 spiro atoms. The van der Waals surface area contributed by atoms with Gasteiger partial charge in [-0.15, -0.1) is 0 Å². The summed E-state index contributed by atoms with van der Waals surface area (Å²) in [4.78, 5) is 12.7. The molecule has 6 heteroatoms. The molecule has 0 radical (unpaired) electrons. The maximum absolute atomic E-state index is 12.7. The van der Waals surface area contributed by atoms with E-state index in [4.69, 9.17) is 9.47 Å². The van der Waals surface area contributed by atoms with E-state index < -0.39 is 0 Å². The second kappa shape index (κ2) is 7.35. The Morgan fingerprint density at radius 2 is 2.07 bits per heavy atom. The lowest BCUT2D eigenvalue weighted by atomic mass is 9.82. The quantitative estimate of drug-likeness (QED) is 0.899. The molecule has 6 nitrogen and oxygen atoms in total. The fourth-order valence-electron chi connectivity index (χ4n) is 4.17. The first-order chi connectivity index (χ1) is 13.0. The first kappa shape index (κ1) is 18.0. The summed E-state index contributed by atoms with van der Waals surface area (Å²) in [7, 11) is 0. The molecule has 1 aromatic heterocycles. The van der Waals surface area contributed by atoms with Gasteiger partial charge in [-0.05, 0) is 26.0 Å². The van der Waals surface area contributed by atoms with Gasteiger partial charge in [-0.3, -0.25) is 9.48 Å². The summed E-state index contributed by atoms with van der Waals surface area (Å²) in [5.74, 6) is 0.931. The van der Waals surface area contributed by atoms with Crippen molar-refractivity contribution in [2.45, 2.75) is 57.7 Å². The second-order valence-electron chi connectivity index (χ2n) is 7.66. The van der Waals surface area contributed by atoms with Crippen LogP contribution >= 0.6 is 0 Å². The molecule has 1 aromatic carbocycles. The fraction of sp³-hybridized carbons (Fsp3) is 0.524. The standard InChI is InChI=1S/C21H27N3O3/c1-15-13-16(2)24(23-15)10-7-20(25)22-18-14-21(8-11-26-12-9-21)27-19-6-4-3-5-17(18)19/h3-6,13,18H,7-12,14H2,1-2H3,(H,22,25)/t18-/m0/s1. The molecule has 3 heterocycles. The van der Waals surface area contributed by atoms with Gasteiger partial charge in [0.25, 0.3) is 0 Å². The summed E-state index contributed by atoms with van der Waals surface area (Å²) in [6.07, 6.45) is 2.93. The Balaban J connectivity index is 1.46. The third-order valence-corrected chi connectivity index (χ3v) is 5.59. The highest BCUT2D eigenvalue weighted by atomic mass is 16.5. The number of carbonyl (C=O) groups excluding carboxylic acids is 1. The highest BCUT2D eigenvalue weighted by molar-refractivity contribution is 5.76. The van der Waals surface area contributed by atoms with E-state index in [1.807, 2.05) is 48.9 Å². The molecule has 2 aliphatic heterocycles. The van der Waals surface area contributed by atoms with Crippen molar-refractivity contribution in [3.8, 4) is 5.75 Å². The zero-order valence-electron chi connectivity index (χ0n) is 16.0. The molecule has 144 valence electrons. The molecule has 2 aliphatic rings. The first-order valence-corrected chi connectivity index (χ1v) is 9.71. The van der Waals surface area contributed by atoms with Gasteiger partial charge in [0.15, 0.2) is 0 Å². The van der Waals surface area contributed by atoms with E-state index in [0.29, 0.717) is 26.2 Å². The molecule has 4 rings (SSSR count). The van der Waals surface area contributed by atoms with Crippen molar-refractivity contribution < 1.29 is 14.3 Å². The number of carbonyl (C=O) groups is 1. The van der Waals surface area contributed by atoms with E-state index in [1.54, 1.807) is 0 Å². The van der Waals surface area contributed by atoms with Crippen LogP contribution in [-0.4, -0.2) is 34.5 Å². The van der Waals surface area contributed by atoms with E-state index in [9.17, 15) is 4.79 Å². The summed E-state index contributed by atoms with van der Waals surface area (Å²) in [5, 5.41) is 7.68. The fourth-order valence-corrected chi connectivity index (χ4v) is 4.17. The summed E-state index contributed by atoms with van der Waals surface area (Å²) in [6, 6.07) is 10.0. The molecule has 0 aliphatic carbocycles. The second-order valence-corrected chi connectivity index (χ2v) is 7.66. The first-order valence-electron chi connectivity index (χ1n) is 9.71. The van der Waals surface area contributed by atoms with Crippen molar-refractivity contribution in [2.75, 3.05) is 13.2 Å². The summed E-state index contributed by atoms with van der Waals surface area (Å²) in [6.45, 7) is 5.99. The zero-order chi connectivity index (χ0) is 18.9. The smallest absolute Gasteiger partial charge is 0.222 e. The van der Waals surface area contributed by atoms with Crippen molar-refractivity contribution in [2.24, 2.45) is 0 Å². The molecule has 0 bridgehead atoms. The number of aromatic nitrogens is 2. The Morgan fingerprint density at radius 3 is 2.81 bits per heavy atom. The van der Waals surface area contributed by atoms with Gasteiger partial charge in [-0.1, -0.05) is 18.2 Å². The Bertz CT molecular complexity index is 824. The highest BCUT2D eigenvalue weighted by Crippen LogP contribution is 2.43. The Morgan fingerprint density at radius 1 is 1.30 bits per heavy atom. The number of aryl methyl sites for hydroxylation is 3. The van der Waals surface area contributed by atoms with Crippen LogP contribution in [-0.2, 0) is 16.1 Å². The molecule has 1 saturated heterocycles. The van der Waals surface area contributed by atoms with Crippen LogP contribution in [0.3, 0.4) is 0 Å². The minimum atomic E-state index is -0.236. The molecule has 0 saturated carbocycles. The monoisotopic (exact) mass is 369 g/mol. The average molecular weight is 369 g/mol. The van der Waals surface area contributed by atoms with Crippen molar-refractivity contribution in [1.29, 1.82) is 0 Å². The van der Waals surface area contributed by atoms with Gasteiger partial charge >= 0.3 is 0 Å². The number of para-hydroxylation sites is 1. The number of hydrogen-bond acceptors (Lipinski definition) is 4. The number of rotatable bonds is 4. The Labute approximate surface area is 159 Å². The van der Waals surface area contributed by atoms with Crippen LogP contribution in [0.4, 0.5) is 0 Å². The molecule has 0 unspecified atom stereocenters. The summed E-state index contributed by atoms with van der Waals surface area (Å²) >= 11 is 0. The number of fused-ring (bicyclic) bond motifs is 1. The molecular weight excluding hydrogens is 342 g/mol. The van der Waals surface area contributed by atoms with Gasteiger partial charge in [0.05, 0.1) is 24.9 Å². The van der Waals surface area contributed by atoms with E-state index in [0.717, 1.165) is 42.0 Å². The van der Waals surface area contributed by atoms with Gasteiger partial charge < -0.3 is 14.8 Å². The minimum absolute atomic E-state index is 0.0268. The van der Waals surface area contributed by atoms with Crippen molar-refractivity contribution in [3.63, 3.8) is 0 Å². The van der Waals surface area contributed by atoms with Crippen LogP contribution in [0.5, 0.6) is 5.75 Å². The van der Waals surface area contributed by atoms with E-state index in [1.165, 1.54) is 0 Å². The molecular formula is C21H27N3O3. The van der Waals surface area contributed by atoms with E-state index in [-0.39, 0.29) is 17.6 Å². The summed E-state index contributed by atoms with van der Waals surface area (Å²) < 4.78 is 13.8. The van der Waals surface area contributed by atoms with Crippen LogP contribution < -0.4 is 10.1 Å². The zero-order valence-corrected chi connectivity index (χ0v) is 16.0.